The molecule has 1 aliphatic carbocycles. The fourth-order valence-electron chi connectivity index (χ4n) is 2.77. The van der Waals surface area contributed by atoms with Crippen LogP contribution in [0.1, 0.15) is 44.7 Å². The van der Waals surface area contributed by atoms with Gasteiger partial charge in [-0.3, -0.25) is 0 Å². The van der Waals surface area contributed by atoms with Crippen molar-refractivity contribution in [3.8, 4) is 5.75 Å². The van der Waals surface area contributed by atoms with E-state index in [1.165, 1.54) is 31.4 Å². The average molecular weight is 287 g/mol. The number of hydrogen-bond acceptors (Lipinski definition) is 2. The van der Waals surface area contributed by atoms with Crippen LogP contribution in [0.2, 0.25) is 0 Å². The van der Waals surface area contributed by atoms with E-state index in [1.807, 2.05) is 6.92 Å². The molecule has 112 valence electrons. The van der Waals surface area contributed by atoms with Crippen LogP contribution in [-0.2, 0) is 0 Å². The standard InChI is InChI=1S/C15H20F3NO/c1-10-3-6-13(9-10)19-11(2)12-4-7-14(8-5-12)20-15(16,17)18/h4-5,7-8,10-11,13,19H,3,6,9H2,1-2H3. The molecular formula is C15H20F3NO. The van der Waals surface area contributed by atoms with Gasteiger partial charge in [-0.1, -0.05) is 19.1 Å². The van der Waals surface area contributed by atoms with E-state index < -0.39 is 6.36 Å². The van der Waals surface area contributed by atoms with Crippen LogP contribution in [0.4, 0.5) is 13.2 Å². The maximum absolute atomic E-state index is 12.1. The molecule has 0 spiro atoms. The number of alkyl halides is 3. The number of hydrogen-bond donors (Lipinski definition) is 1. The first-order valence-electron chi connectivity index (χ1n) is 6.95. The molecule has 3 atom stereocenters. The van der Waals surface area contributed by atoms with E-state index in [0.717, 1.165) is 11.5 Å². The van der Waals surface area contributed by atoms with Gasteiger partial charge in [0.15, 0.2) is 0 Å². The number of ether oxygens (including phenoxy) is 1. The quantitative estimate of drug-likeness (QED) is 0.885. The van der Waals surface area contributed by atoms with Crippen LogP contribution in [0.15, 0.2) is 24.3 Å². The first-order chi connectivity index (χ1) is 9.33. The van der Waals surface area contributed by atoms with Crippen molar-refractivity contribution in [3.63, 3.8) is 0 Å². The van der Waals surface area contributed by atoms with Gasteiger partial charge in [-0.05, 0) is 49.8 Å². The minimum atomic E-state index is -4.63. The van der Waals surface area contributed by atoms with E-state index in [4.69, 9.17) is 0 Å². The Kier molecular flexibility index (Phi) is 4.58. The Morgan fingerprint density at radius 2 is 1.85 bits per heavy atom. The van der Waals surface area contributed by atoms with Gasteiger partial charge < -0.3 is 10.1 Å². The number of benzene rings is 1. The minimum absolute atomic E-state index is 0.130. The lowest BCUT2D eigenvalue weighted by molar-refractivity contribution is -0.274. The normalized spacial score (nSPS) is 24.6. The molecule has 1 N–H and O–H groups in total. The summed E-state index contributed by atoms with van der Waals surface area (Å²) < 4.78 is 40.1. The van der Waals surface area contributed by atoms with Crippen LogP contribution in [0.5, 0.6) is 5.75 Å². The first kappa shape index (κ1) is 15.2. The van der Waals surface area contributed by atoms with E-state index in [1.54, 1.807) is 12.1 Å². The minimum Gasteiger partial charge on any atom is -0.406 e. The molecule has 0 heterocycles. The molecule has 1 aromatic rings. The monoisotopic (exact) mass is 287 g/mol. The van der Waals surface area contributed by atoms with Crippen LogP contribution in [0.25, 0.3) is 0 Å². The summed E-state index contributed by atoms with van der Waals surface area (Å²) in [6.45, 7) is 4.28. The van der Waals surface area contributed by atoms with Crippen LogP contribution >= 0.6 is 0 Å². The van der Waals surface area contributed by atoms with Gasteiger partial charge in [-0.2, -0.15) is 0 Å². The van der Waals surface area contributed by atoms with Gasteiger partial charge in [0.25, 0.3) is 0 Å². The first-order valence-corrected chi connectivity index (χ1v) is 6.95. The predicted molar refractivity (Wildman–Crippen MR) is 71.5 cm³/mol. The van der Waals surface area contributed by atoms with E-state index >= 15 is 0 Å². The van der Waals surface area contributed by atoms with Gasteiger partial charge >= 0.3 is 6.36 Å². The highest BCUT2D eigenvalue weighted by molar-refractivity contribution is 5.29. The van der Waals surface area contributed by atoms with Crippen molar-refractivity contribution in [1.82, 2.24) is 5.32 Å². The summed E-state index contributed by atoms with van der Waals surface area (Å²) in [4.78, 5) is 0. The van der Waals surface area contributed by atoms with Gasteiger partial charge in [0.1, 0.15) is 5.75 Å². The highest BCUT2D eigenvalue weighted by Gasteiger charge is 2.31. The Hall–Kier alpha value is -1.23. The molecule has 0 amide bonds. The summed E-state index contributed by atoms with van der Waals surface area (Å²) in [6, 6.07) is 6.71. The molecule has 2 nitrogen and oxygen atoms in total. The summed E-state index contributed by atoms with van der Waals surface area (Å²) in [6.07, 6.45) is -1.06. The van der Waals surface area contributed by atoms with Crippen molar-refractivity contribution in [2.24, 2.45) is 5.92 Å². The molecule has 0 radical (unpaired) electrons. The zero-order valence-electron chi connectivity index (χ0n) is 11.7. The predicted octanol–water partition coefficient (Wildman–Crippen LogP) is 4.42. The smallest absolute Gasteiger partial charge is 0.406 e. The molecule has 3 unspecified atom stereocenters. The van der Waals surface area contributed by atoms with Crippen molar-refractivity contribution < 1.29 is 17.9 Å². The van der Waals surface area contributed by atoms with E-state index in [9.17, 15) is 13.2 Å². The van der Waals surface area contributed by atoms with Crippen LogP contribution < -0.4 is 10.1 Å². The van der Waals surface area contributed by atoms with Gasteiger partial charge in [0.05, 0.1) is 0 Å². The number of nitrogens with one attached hydrogen (secondary N) is 1. The molecule has 0 aromatic heterocycles. The Bertz CT molecular complexity index is 430. The molecule has 1 saturated carbocycles. The molecule has 0 bridgehead atoms. The molecule has 5 heteroatoms. The fourth-order valence-corrected chi connectivity index (χ4v) is 2.77. The second kappa shape index (κ2) is 6.04. The zero-order valence-corrected chi connectivity index (χ0v) is 11.7. The maximum atomic E-state index is 12.1. The van der Waals surface area contributed by atoms with Crippen molar-refractivity contribution in [2.45, 2.75) is 51.6 Å². The third kappa shape index (κ3) is 4.40. The van der Waals surface area contributed by atoms with E-state index in [-0.39, 0.29) is 11.8 Å². The molecule has 0 aliphatic heterocycles. The summed E-state index contributed by atoms with van der Waals surface area (Å²) in [5, 5.41) is 3.53. The summed E-state index contributed by atoms with van der Waals surface area (Å²) >= 11 is 0. The Morgan fingerprint density at radius 1 is 1.20 bits per heavy atom. The topological polar surface area (TPSA) is 21.3 Å². The second-order valence-electron chi connectivity index (χ2n) is 5.62. The molecule has 20 heavy (non-hydrogen) atoms. The molecular weight excluding hydrogens is 267 g/mol. The van der Waals surface area contributed by atoms with Crippen molar-refractivity contribution >= 4 is 0 Å². The Morgan fingerprint density at radius 3 is 2.35 bits per heavy atom. The lowest BCUT2D eigenvalue weighted by Gasteiger charge is -2.20. The Balaban J connectivity index is 1.92. The van der Waals surface area contributed by atoms with Crippen LogP contribution in [-0.4, -0.2) is 12.4 Å². The van der Waals surface area contributed by atoms with Gasteiger partial charge in [0, 0.05) is 12.1 Å². The SMILES string of the molecule is CC1CCC(NC(C)c2ccc(OC(F)(F)F)cc2)C1. The lowest BCUT2D eigenvalue weighted by atomic mass is 10.1. The number of rotatable bonds is 4. The third-order valence-corrected chi connectivity index (χ3v) is 3.79. The van der Waals surface area contributed by atoms with Gasteiger partial charge in [-0.15, -0.1) is 13.2 Å². The Labute approximate surface area is 117 Å². The molecule has 1 aromatic carbocycles. The molecule has 0 saturated heterocycles. The van der Waals surface area contributed by atoms with Crippen molar-refractivity contribution in [2.75, 3.05) is 0 Å². The molecule has 1 aliphatic rings. The molecule has 2 rings (SSSR count). The lowest BCUT2D eigenvalue weighted by Crippen LogP contribution is -2.29. The largest absolute Gasteiger partial charge is 0.573 e. The van der Waals surface area contributed by atoms with Crippen molar-refractivity contribution in [1.29, 1.82) is 0 Å². The van der Waals surface area contributed by atoms with Gasteiger partial charge in [-0.25, -0.2) is 0 Å². The highest BCUT2D eigenvalue weighted by atomic mass is 19.4. The summed E-state index contributed by atoms with van der Waals surface area (Å²) in [5.41, 5.74) is 0.971. The van der Waals surface area contributed by atoms with Crippen LogP contribution in [0, 0.1) is 5.92 Å². The summed E-state index contributed by atoms with van der Waals surface area (Å²) in [5.74, 6) is 0.574. The summed E-state index contributed by atoms with van der Waals surface area (Å²) in [7, 11) is 0. The van der Waals surface area contributed by atoms with E-state index in [0.29, 0.717) is 6.04 Å². The van der Waals surface area contributed by atoms with Gasteiger partial charge in [0.2, 0.25) is 0 Å². The van der Waals surface area contributed by atoms with Crippen LogP contribution in [0.3, 0.4) is 0 Å². The third-order valence-electron chi connectivity index (χ3n) is 3.79. The molecule has 1 fully saturated rings. The zero-order chi connectivity index (χ0) is 14.8. The van der Waals surface area contributed by atoms with Crippen molar-refractivity contribution in [3.05, 3.63) is 29.8 Å². The highest BCUT2D eigenvalue weighted by Crippen LogP contribution is 2.28. The maximum Gasteiger partial charge on any atom is 0.573 e. The number of halogens is 3. The average Bonchev–Trinajstić information content (AvgIpc) is 2.73. The fraction of sp³-hybridized carbons (Fsp3) is 0.600. The van der Waals surface area contributed by atoms with E-state index in [2.05, 4.69) is 17.0 Å². The second-order valence-corrected chi connectivity index (χ2v) is 5.62.